The fourth-order valence-electron chi connectivity index (χ4n) is 1.49. The summed E-state index contributed by atoms with van der Waals surface area (Å²) in [6.45, 7) is 4.67. The van der Waals surface area contributed by atoms with Gasteiger partial charge in [0.15, 0.2) is 0 Å². The van der Waals surface area contributed by atoms with Crippen LogP contribution in [0.2, 0.25) is 0 Å². The molecule has 1 heterocycles. The number of aryl methyl sites for hydroxylation is 1. The molecule has 0 aromatic carbocycles. The Morgan fingerprint density at radius 2 is 2.31 bits per heavy atom. The van der Waals surface area contributed by atoms with Crippen LogP contribution < -0.4 is 0 Å². The van der Waals surface area contributed by atoms with Crippen LogP contribution in [-0.2, 0) is 7.05 Å². The first-order valence-electron chi connectivity index (χ1n) is 5.41. The maximum Gasteiger partial charge on any atom is 0.274 e. The van der Waals surface area contributed by atoms with Gasteiger partial charge < -0.3 is 9.47 Å². The van der Waals surface area contributed by atoms with Crippen LogP contribution in [0.3, 0.4) is 0 Å². The Bertz CT molecular complexity index is 349. The first-order chi connectivity index (χ1) is 7.56. The van der Waals surface area contributed by atoms with Gasteiger partial charge in [-0.05, 0) is 20.3 Å². The maximum atomic E-state index is 12.1. The van der Waals surface area contributed by atoms with Crippen LogP contribution in [0.5, 0.6) is 0 Å². The third-order valence-electron chi connectivity index (χ3n) is 2.34. The summed E-state index contributed by atoms with van der Waals surface area (Å²) in [5, 5.41) is 0. The van der Waals surface area contributed by atoms with Crippen molar-refractivity contribution >= 4 is 17.5 Å². The van der Waals surface area contributed by atoms with Gasteiger partial charge in [0.05, 0.1) is 6.33 Å². The zero-order valence-corrected chi connectivity index (χ0v) is 10.7. The number of halogens is 1. The molecule has 1 rings (SSSR count). The average Bonchev–Trinajstić information content (AvgIpc) is 2.64. The normalized spacial score (nSPS) is 10.8. The molecule has 5 heteroatoms. The second-order valence-corrected chi connectivity index (χ2v) is 4.44. The monoisotopic (exact) mass is 243 g/mol. The van der Waals surface area contributed by atoms with Crippen molar-refractivity contribution in [3.05, 3.63) is 18.2 Å². The molecule has 0 radical (unpaired) electrons. The van der Waals surface area contributed by atoms with E-state index in [0.717, 1.165) is 6.42 Å². The highest BCUT2D eigenvalue weighted by Gasteiger charge is 2.19. The van der Waals surface area contributed by atoms with Gasteiger partial charge in [0, 0.05) is 31.7 Å². The first kappa shape index (κ1) is 13.0. The summed E-state index contributed by atoms with van der Waals surface area (Å²) < 4.78 is 1.77. The van der Waals surface area contributed by atoms with Gasteiger partial charge in [0.25, 0.3) is 5.91 Å². The van der Waals surface area contributed by atoms with Gasteiger partial charge in [0.1, 0.15) is 5.69 Å². The first-order valence-corrected chi connectivity index (χ1v) is 5.94. The maximum absolute atomic E-state index is 12.1. The minimum Gasteiger partial charge on any atom is -0.340 e. The summed E-state index contributed by atoms with van der Waals surface area (Å²) in [5.41, 5.74) is 0.491. The summed E-state index contributed by atoms with van der Waals surface area (Å²) in [5.74, 6) is 0.541. The van der Waals surface area contributed by atoms with Crippen molar-refractivity contribution in [2.45, 2.75) is 26.3 Å². The van der Waals surface area contributed by atoms with Crippen molar-refractivity contribution in [2.24, 2.45) is 7.05 Å². The molecule has 1 aromatic heterocycles. The highest BCUT2D eigenvalue weighted by atomic mass is 35.5. The van der Waals surface area contributed by atoms with E-state index in [0.29, 0.717) is 18.1 Å². The van der Waals surface area contributed by atoms with E-state index in [1.165, 1.54) is 0 Å². The second-order valence-electron chi connectivity index (χ2n) is 4.06. The predicted molar refractivity (Wildman–Crippen MR) is 64.7 cm³/mol. The SMILES string of the molecule is CC(C)N(CCCCl)C(=O)c1cn(C)cn1. The van der Waals surface area contributed by atoms with Crippen LogP contribution in [0, 0.1) is 0 Å². The summed E-state index contributed by atoms with van der Waals surface area (Å²) in [4.78, 5) is 18.0. The number of hydrogen-bond donors (Lipinski definition) is 0. The summed E-state index contributed by atoms with van der Waals surface area (Å²) in [6.07, 6.45) is 4.17. The Morgan fingerprint density at radius 3 is 2.75 bits per heavy atom. The molecule has 0 aliphatic carbocycles. The number of aromatic nitrogens is 2. The van der Waals surface area contributed by atoms with Gasteiger partial charge in [-0.15, -0.1) is 11.6 Å². The van der Waals surface area contributed by atoms with Crippen molar-refractivity contribution < 1.29 is 4.79 Å². The molecule has 0 spiro atoms. The number of nitrogens with zero attached hydrogens (tertiary/aromatic N) is 3. The molecule has 0 aliphatic heterocycles. The van der Waals surface area contributed by atoms with E-state index in [4.69, 9.17) is 11.6 Å². The lowest BCUT2D eigenvalue weighted by Gasteiger charge is -2.25. The topological polar surface area (TPSA) is 38.1 Å². The smallest absolute Gasteiger partial charge is 0.274 e. The number of carbonyl (C=O) groups excluding carboxylic acids is 1. The zero-order valence-electron chi connectivity index (χ0n) is 9.98. The van der Waals surface area contributed by atoms with Crippen LogP contribution in [0.4, 0.5) is 0 Å². The molecule has 0 N–H and O–H groups in total. The summed E-state index contributed by atoms with van der Waals surface area (Å²) in [7, 11) is 1.85. The van der Waals surface area contributed by atoms with Crippen molar-refractivity contribution in [3.63, 3.8) is 0 Å². The number of alkyl halides is 1. The van der Waals surface area contributed by atoms with E-state index in [1.54, 1.807) is 22.0 Å². The Labute approximate surface area is 101 Å². The largest absolute Gasteiger partial charge is 0.340 e. The molecule has 0 unspecified atom stereocenters. The van der Waals surface area contributed by atoms with Crippen molar-refractivity contribution in [3.8, 4) is 0 Å². The quantitative estimate of drug-likeness (QED) is 0.741. The van der Waals surface area contributed by atoms with E-state index >= 15 is 0 Å². The Hall–Kier alpha value is -1.03. The molecular formula is C11H18ClN3O. The minimum absolute atomic E-state index is 0.0271. The van der Waals surface area contributed by atoms with Crippen molar-refractivity contribution in [2.75, 3.05) is 12.4 Å². The molecule has 0 atom stereocenters. The van der Waals surface area contributed by atoms with Gasteiger partial charge in [-0.2, -0.15) is 0 Å². The van der Waals surface area contributed by atoms with E-state index in [-0.39, 0.29) is 11.9 Å². The van der Waals surface area contributed by atoms with Gasteiger partial charge >= 0.3 is 0 Å². The van der Waals surface area contributed by atoms with Crippen LogP contribution in [-0.4, -0.2) is 38.8 Å². The van der Waals surface area contributed by atoms with E-state index < -0.39 is 0 Å². The lowest BCUT2D eigenvalue weighted by atomic mass is 10.2. The van der Waals surface area contributed by atoms with Gasteiger partial charge in [0.2, 0.25) is 0 Å². The zero-order chi connectivity index (χ0) is 12.1. The fourth-order valence-corrected chi connectivity index (χ4v) is 1.61. The third kappa shape index (κ3) is 3.23. The molecule has 0 fully saturated rings. The molecule has 0 bridgehead atoms. The van der Waals surface area contributed by atoms with Crippen molar-refractivity contribution in [1.29, 1.82) is 0 Å². The van der Waals surface area contributed by atoms with Gasteiger partial charge in [-0.1, -0.05) is 0 Å². The Balaban J connectivity index is 2.74. The van der Waals surface area contributed by atoms with Crippen LogP contribution >= 0.6 is 11.6 Å². The second kappa shape index (κ2) is 5.89. The number of rotatable bonds is 5. The number of amides is 1. The van der Waals surface area contributed by atoms with E-state index in [1.807, 2.05) is 20.9 Å². The number of carbonyl (C=O) groups is 1. The van der Waals surface area contributed by atoms with Crippen molar-refractivity contribution in [1.82, 2.24) is 14.5 Å². The molecule has 90 valence electrons. The molecule has 0 saturated carbocycles. The highest BCUT2D eigenvalue weighted by molar-refractivity contribution is 6.17. The van der Waals surface area contributed by atoms with E-state index in [2.05, 4.69) is 4.98 Å². The molecule has 0 aliphatic rings. The summed E-state index contributed by atoms with van der Waals surface area (Å²) in [6, 6.07) is 0.165. The van der Waals surface area contributed by atoms with Crippen LogP contribution in [0.15, 0.2) is 12.5 Å². The molecule has 0 saturated heterocycles. The third-order valence-corrected chi connectivity index (χ3v) is 2.61. The molecule has 1 amide bonds. The minimum atomic E-state index is -0.0271. The fraction of sp³-hybridized carbons (Fsp3) is 0.636. The lowest BCUT2D eigenvalue weighted by molar-refractivity contribution is 0.0701. The average molecular weight is 244 g/mol. The van der Waals surface area contributed by atoms with Crippen LogP contribution in [0.1, 0.15) is 30.8 Å². The molecule has 1 aromatic rings. The lowest BCUT2D eigenvalue weighted by Crippen LogP contribution is -2.38. The molecular weight excluding hydrogens is 226 g/mol. The van der Waals surface area contributed by atoms with Gasteiger partial charge in [-0.3, -0.25) is 4.79 Å². The predicted octanol–water partition coefficient (Wildman–Crippen LogP) is 1.90. The number of hydrogen-bond acceptors (Lipinski definition) is 2. The number of imidazole rings is 1. The Kier molecular flexibility index (Phi) is 4.80. The standard InChI is InChI=1S/C11H18ClN3O/c1-9(2)15(6-4-5-12)11(16)10-7-14(3)8-13-10/h7-9H,4-6H2,1-3H3. The van der Waals surface area contributed by atoms with Gasteiger partial charge in [-0.25, -0.2) is 4.98 Å². The Morgan fingerprint density at radius 1 is 1.62 bits per heavy atom. The molecule has 16 heavy (non-hydrogen) atoms. The molecule has 4 nitrogen and oxygen atoms in total. The summed E-state index contributed by atoms with van der Waals surface area (Å²) >= 11 is 5.65. The van der Waals surface area contributed by atoms with Crippen LogP contribution in [0.25, 0.3) is 0 Å². The van der Waals surface area contributed by atoms with E-state index in [9.17, 15) is 4.79 Å². The highest BCUT2D eigenvalue weighted by Crippen LogP contribution is 2.07.